The molecule has 6 heteroatoms. The molecule has 2 rings (SSSR count). The summed E-state index contributed by atoms with van der Waals surface area (Å²) in [7, 11) is 3.17. The number of nitrogens with one attached hydrogen (secondary N) is 1. The number of nitriles is 1. The van der Waals surface area contributed by atoms with Gasteiger partial charge in [0.25, 0.3) is 5.91 Å². The molecule has 0 heterocycles. The topological polar surface area (TPSA) is 91.6 Å². The number of phenols is 1. The average molecular weight is 378 g/mol. The minimum absolute atomic E-state index is 0.00707. The second-order valence-electron chi connectivity index (χ2n) is 5.83. The van der Waals surface area contributed by atoms with Crippen LogP contribution in [0.25, 0.3) is 6.08 Å². The fourth-order valence-corrected chi connectivity index (χ4v) is 2.49. The van der Waals surface area contributed by atoms with E-state index in [4.69, 9.17) is 9.47 Å². The lowest BCUT2D eigenvalue weighted by Gasteiger charge is -2.11. The quantitative estimate of drug-likeness (QED) is 0.418. The van der Waals surface area contributed by atoms with Crippen LogP contribution in [-0.2, 0) is 11.2 Å². The molecule has 0 unspecified atom stereocenters. The summed E-state index contributed by atoms with van der Waals surface area (Å²) in [5.74, 6) is 1.15. The molecule has 2 aromatic carbocycles. The second kappa shape index (κ2) is 10.4. The van der Waals surface area contributed by atoms with E-state index < -0.39 is 5.91 Å². The van der Waals surface area contributed by atoms with Gasteiger partial charge in [-0.3, -0.25) is 4.79 Å². The van der Waals surface area contributed by atoms with E-state index in [1.165, 1.54) is 6.08 Å². The van der Waals surface area contributed by atoms with Gasteiger partial charge in [-0.25, -0.2) is 0 Å². The van der Waals surface area contributed by atoms with Crippen molar-refractivity contribution in [3.8, 4) is 23.3 Å². The number of carbonyl (C=O) groups is 1. The SMILES string of the molecule is COc1ccc(OC)c(CCNC(=O)/C(C#N)=C/C=C/c2ccc(O)cc2)c1. The molecular formula is C22H22N2O4. The molecule has 2 N–H and O–H groups in total. The summed E-state index contributed by atoms with van der Waals surface area (Å²) >= 11 is 0. The number of benzene rings is 2. The van der Waals surface area contributed by atoms with Crippen LogP contribution in [0.2, 0.25) is 0 Å². The number of phenolic OH excluding ortho intramolecular Hbond substituents is 1. The number of methoxy groups -OCH3 is 2. The van der Waals surface area contributed by atoms with E-state index in [1.807, 2.05) is 18.2 Å². The van der Waals surface area contributed by atoms with Gasteiger partial charge in [0.2, 0.25) is 0 Å². The number of ether oxygens (including phenoxy) is 2. The first-order valence-corrected chi connectivity index (χ1v) is 8.64. The molecule has 0 aromatic heterocycles. The van der Waals surface area contributed by atoms with Crippen LogP contribution < -0.4 is 14.8 Å². The molecule has 0 aliphatic rings. The lowest BCUT2D eigenvalue weighted by Crippen LogP contribution is -2.26. The highest BCUT2D eigenvalue weighted by Gasteiger charge is 2.09. The fraction of sp³-hybridized carbons (Fsp3) is 0.182. The Morgan fingerprint density at radius 3 is 2.57 bits per heavy atom. The van der Waals surface area contributed by atoms with E-state index >= 15 is 0 Å². The van der Waals surface area contributed by atoms with E-state index in [0.29, 0.717) is 24.5 Å². The Kier molecular flexibility index (Phi) is 7.67. The van der Waals surface area contributed by atoms with Crippen LogP contribution in [0.15, 0.2) is 60.2 Å². The molecule has 0 spiro atoms. The van der Waals surface area contributed by atoms with Crippen molar-refractivity contribution in [2.24, 2.45) is 0 Å². The normalized spacial score (nSPS) is 11.1. The Bertz CT molecular complexity index is 909. The Morgan fingerprint density at radius 2 is 1.93 bits per heavy atom. The van der Waals surface area contributed by atoms with Crippen molar-refractivity contribution in [2.75, 3.05) is 20.8 Å². The van der Waals surface area contributed by atoms with Crippen molar-refractivity contribution in [1.82, 2.24) is 5.32 Å². The molecular weight excluding hydrogens is 356 g/mol. The standard InChI is InChI=1S/C22H22N2O4/c1-27-20-10-11-21(28-2)17(14-20)12-13-24-22(26)18(15-23)5-3-4-16-6-8-19(25)9-7-16/h3-11,14,25H,12-13H2,1-2H3,(H,24,26)/b4-3+,18-5+. The lowest BCUT2D eigenvalue weighted by atomic mass is 10.1. The molecule has 0 bridgehead atoms. The summed E-state index contributed by atoms with van der Waals surface area (Å²) in [6.07, 6.45) is 5.35. The van der Waals surface area contributed by atoms with Crippen LogP contribution in [0, 0.1) is 11.3 Å². The first-order valence-electron chi connectivity index (χ1n) is 8.64. The van der Waals surface area contributed by atoms with Crippen LogP contribution in [0.4, 0.5) is 0 Å². The van der Waals surface area contributed by atoms with E-state index in [2.05, 4.69) is 5.32 Å². The number of nitrogens with zero attached hydrogens (tertiary/aromatic N) is 1. The van der Waals surface area contributed by atoms with E-state index in [-0.39, 0.29) is 11.3 Å². The minimum Gasteiger partial charge on any atom is -0.508 e. The summed E-state index contributed by atoms with van der Waals surface area (Å²) in [6.45, 7) is 0.350. The summed E-state index contributed by atoms with van der Waals surface area (Å²) in [4.78, 5) is 12.2. The second-order valence-corrected chi connectivity index (χ2v) is 5.83. The highest BCUT2D eigenvalue weighted by Crippen LogP contribution is 2.24. The number of hydrogen-bond acceptors (Lipinski definition) is 5. The van der Waals surface area contributed by atoms with Gasteiger partial charge in [0.1, 0.15) is 28.9 Å². The fourth-order valence-electron chi connectivity index (χ4n) is 2.49. The number of hydrogen-bond donors (Lipinski definition) is 2. The van der Waals surface area contributed by atoms with Gasteiger partial charge in [0, 0.05) is 6.54 Å². The third-order valence-corrected chi connectivity index (χ3v) is 3.98. The van der Waals surface area contributed by atoms with Gasteiger partial charge in [0.05, 0.1) is 14.2 Å². The van der Waals surface area contributed by atoms with Crippen molar-refractivity contribution >= 4 is 12.0 Å². The third kappa shape index (κ3) is 5.92. The summed E-state index contributed by atoms with van der Waals surface area (Å²) < 4.78 is 10.5. The van der Waals surface area contributed by atoms with E-state index in [0.717, 1.165) is 11.1 Å². The van der Waals surface area contributed by atoms with E-state index in [9.17, 15) is 15.2 Å². The molecule has 0 fully saturated rings. The Morgan fingerprint density at radius 1 is 1.18 bits per heavy atom. The van der Waals surface area contributed by atoms with Gasteiger partial charge in [-0.2, -0.15) is 5.26 Å². The Balaban J connectivity index is 1.95. The van der Waals surface area contributed by atoms with Crippen molar-refractivity contribution in [1.29, 1.82) is 5.26 Å². The van der Waals surface area contributed by atoms with Crippen LogP contribution in [0.3, 0.4) is 0 Å². The molecule has 144 valence electrons. The third-order valence-electron chi connectivity index (χ3n) is 3.98. The first-order chi connectivity index (χ1) is 13.6. The number of carbonyl (C=O) groups excluding carboxylic acids is 1. The first kappa shape index (κ1) is 20.6. The van der Waals surface area contributed by atoms with Crippen molar-refractivity contribution in [2.45, 2.75) is 6.42 Å². The Hall–Kier alpha value is -3.72. The minimum atomic E-state index is -0.445. The molecule has 0 saturated carbocycles. The number of rotatable bonds is 8. The smallest absolute Gasteiger partial charge is 0.261 e. The predicted molar refractivity (Wildman–Crippen MR) is 107 cm³/mol. The number of allylic oxidation sites excluding steroid dienone is 2. The summed E-state index contributed by atoms with van der Waals surface area (Å²) in [5, 5.41) is 21.2. The lowest BCUT2D eigenvalue weighted by molar-refractivity contribution is -0.117. The highest BCUT2D eigenvalue weighted by atomic mass is 16.5. The predicted octanol–water partition coefficient (Wildman–Crippen LogP) is 3.23. The maximum atomic E-state index is 12.2. The van der Waals surface area contributed by atoms with E-state index in [1.54, 1.807) is 56.7 Å². The van der Waals surface area contributed by atoms with Crippen molar-refractivity contribution in [3.05, 3.63) is 71.3 Å². The monoisotopic (exact) mass is 378 g/mol. The molecule has 28 heavy (non-hydrogen) atoms. The maximum Gasteiger partial charge on any atom is 0.261 e. The van der Waals surface area contributed by atoms with Gasteiger partial charge in [-0.05, 0) is 54.0 Å². The zero-order valence-corrected chi connectivity index (χ0v) is 15.8. The summed E-state index contributed by atoms with van der Waals surface area (Å²) in [6, 6.07) is 14.0. The van der Waals surface area contributed by atoms with Crippen LogP contribution in [-0.4, -0.2) is 31.8 Å². The van der Waals surface area contributed by atoms with Crippen LogP contribution in [0.5, 0.6) is 17.2 Å². The van der Waals surface area contributed by atoms with Gasteiger partial charge in [0.15, 0.2) is 0 Å². The zero-order chi connectivity index (χ0) is 20.4. The zero-order valence-electron chi connectivity index (χ0n) is 15.8. The Labute approximate surface area is 164 Å². The molecule has 0 aliphatic carbocycles. The van der Waals surface area contributed by atoms with Crippen LogP contribution >= 0.6 is 0 Å². The molecule has 1 amide bonds. The molecule has 0 aliphatic heterocycles. The number of amides is 1. The van der Waals surface area contributed by atoms with Gasteiger partial charge < -0.3 is 19.9 Å². The largest absolute Gasteiger partial charge is 0.508 e. The average Bonchev–Trinajstić information content (AvgIpc) is 2.72. The highest BCUT2D eigenvalue weighted by molar-refractivity contribution is 5.97. The number of aromatic hydroxyl groups is 1. The van der Waals surface area contributed by atoms with Crippen LogP contribution in [0.1, 0.15) is 11.1 Å². The van der Waals surface area contributed by atoms with Crippen molar-refractivity contribution < 1.29 is 19.4 Å². The van der Waals surface area contributed by atoms with Gasteiger partial charge in [-0.15, -0.1) is 0 Å². The molecule has 6 nitrogen and oxygen atoms in total. The molecule has 0 atom stereocenters. The molecule has 2 aromatic rings. The van der Waals surface area contributed by atoms with Gasteiger partial charge >= 0.3 is 0 Å². The van der Waals surface area contributed by atoms with Crippen molar-refractivity contribution in [3.63, 3.8) is 0 Å². The summed E-state index contributed by atoms with van der Waals surface area (Å²) in [5.41, 5.74) is 1.75. The van der Waals surface area contributed by atoms with Gasteiger partial charge in [-0.1, -0.05) is 24.3 Å². The molecule has 0 saturated heterocycles. The maximum absolute atomic E-state index is 12.2. The molecule has 0 radical (unpaired) electrons.